The first-order valence-electron chi connectivity index (χ1n) is 6.34. The van der Waals surface area contributed by atoms with E-state index in [1.165, 1.54) is 12.1 Å². The van der Waals surface area contributed by atoms with Crippen molar-refractivity contribution in [3.63, 3.8) is 0 Å². The topological polar surface area (TPSA) is 77.3 Å². The monoisotopic (exact) mass is 309 g/mol. The lowest BCUT2D eigenvalue weighted by Gasteiger charge is -2.10. The van der Waals surface area contributed by atoms with Crippen molar-refractivity contribution in [3.8, 4) is 5.75 Å². The third kappa shape index (κ3) is 4.11. The summed E-state index contributed by atoms with van der Waals surface area (Å²) >= 11 is 0. The maximum atomic E-state index is 12.3. The maximum Gasteiger partial charge on any atom is 0.387 e. The van der Waals surface area contributed by atoms with Crippen molar-refractivity contribution in [2.75, 3.05) is 5.32 Å². The number of nitro groups is 1. The van der Waals surface area contributed by atoms with Gasteiger partial charge in [-0.05, 0) is 24.6 Å². The van der Waals surface area contributed by atoms with E-state index in [4.69, 9.17) is 0 Å². The molecule has 0 aliphatic heterocycles. The molecule has 0 aliphatic rings. The summed E-state index contributed by atoms with van der Waals surface area (Å²) in [4.78, 5) is 14.1. The molecule has 1 heterocycles. The van der Waals surface area contributed by atoms with Gasteiger partial charge in [-0.15, -0.1) is 0 Å². The zero-order valence-electron chi connectivity index (χ0n) is 11.6. The van der Waals surface area contributed by atoms with Crippen LogP contribution >= 0.6 is 0 Å². The van der Waals surface area contributed by atoms with Gasteiger partial charge < -0.3 is 10.1 Å². The van der Waals surface area contributed by atoms with Crippen LogP contribution in [0.4, 0.5) is 20.2 Å². The van der Waals surface area contributed by atoms with E-state index in [1.807, 2.05) is 19.1 Å². The average Bonchev–Trinajstić information content (AvgIpc) is 2.46. The van der Waals surface area contributed by atoms with Gasteiger partial charge in [0.05, 0.1) is 4.92 Å². The Morgan fingerprint density at radius 2 is 2.14 bits per heavy atom. The Balaban J connectivity index is 2.13. The van der Waals surface area contributed by atoms with Crippen LogP contribution in [-0.2, 0) is 6.54 Å². The number of rotatable bonds is 6. The first kappa shape index (κ1) is 15.6. The van der Waals surface area contributed by atoms with Crippen LogP contribution in [0.15, 0.2) is 36.5 Å². The lowest BCUT2D eigenvalue weighted by Crippen LogP contribution is -2.06. The second-order valence-corrected chi connectivity index (χ2v) is 4.48. The van der Waals surface area contributed by atoms with Crippen LogP contribution in [0.1, 0.15) is 11.3 Å². The number of nitrogens with zero attached hydrogens (tertiary/aromatic N) is 2. The van der Waals surface area contributed by atoms with Gasteiger partial charge in [-0.3, -0.25) is 15.1 Å². The molecule has 0 saturated heterocycles. The molecule has 0 atom stereocenters. The molecule has 1 aromatic heterocycles. The molecule has 0 aliphatic carbocycles. The number of aromatic nitrogens is 1. The van der Waals surface area contributed by atoms with Gasteiger partial charge in [-0.2, -0.15) is 8.78 Å². The van der Waals surface area contributed by atoms with Crippen molar-refractivity contribution in [2.24, 2.45) is 0 Å². The van der Waals surface area contributed by atoms with Crippen LogP contribution in [0.25, 0.3) is 0 Å². The molecule has 0 amide bonds. The fraction of sp³-hybridized carbons (Fsp3) is 0.214. The summed E-state index contributed by atoms with van der Waals surface area (Å²) in [7, 11) is 0. The molecule has 1 aromatic carbocycles. The average molecular weight is 309 g/mol. The summed E-state index contributed by atoms with van der Waals surface area (Å²) in [5, 5.41) is 13.8. The summed E-state index contributed by atoms with van der Waals surface area (Å²) in [5.41, 5.74) is 1.69. The number of nitro benzene ring substituents is 1. The lowest BCUT2D eigenvalue weighted by atomic mass is 10.2. The molecule has 6 nitrogen and oxygen atoms in total. The normalized spacial score (nSPS) is 10.5. The van der Waals surface area contributed by atoms with Gasteiger partial charge in [0, 0.05) is 36.3 Å². The Morgan fingerprint density at radius 3 is 2.73 bits per heavy atom. The van der Waals surface area contributed by atoms with Gasteiger partial charge in [0.2, 0.25) is 5.75 Å². The molecule has 116 valence electrons. The summed E-state index contributed by atoms with van der Waals surface area (Å²) in [6.07, 6.45) is 1.68. The van der Waals surface area contributed by atoms with E-state index in [0.29, 0.717) is 12.2 Å². The largest absolute Gasteiger partial charge is 0.427 e. The third-order valence-corrected chi connectivity index (χ3v) is 2.84. The summed E-state index contributed by atoms with van der Waals surface area (Å²) in [6, 6.07) is 7.44. The van der Waals surface area contributed by atoms with Crippen molar-refractivity contribution in [1.82, 2.24) is 4.98 Å². The van der Waals surface area contributed by atoms with Gasteiger partial charge in [0.1, 0.15) is 0 Å². The van der Waals surface area contributed by atoms with Crippen LogP contribution < -0.4 is 10.1 Å². The number of halogens is 2. The van der Waals surface area contributed by atoms with Gasteiger partial charge in [-0.25, -0.2) is 0 Å². The van der Waals surface area contributed by atoms with Crippen molar-refractivity contribution in [3.05, 3.63) is 57.9 Å². The molecule has 0 fully saturated rings. The van der Waals surface area contributed by atoms with Gasteiger partial charge in [-0.1, -0.05) is 6.07 Å². The second kappa shape index (κ2) is 6.79. The van der Waals surface area contributed by atoms with Gasteiger partial charge >= 0.3 is 12.3 Å². The molecule has 0 bridgehead atoms. The molecule has 2 rings (SSSR count). The first-order chi connectivity index (χ1) is 10.5. The summed E-state index contributed by atoms with van der Waals surface area (Å²) < 4.78 is 28.8. The number of hydrogen-bond donors (Lipinski definition) is 1. The Morgan fingerprint density at radius 1 is 1.36 bits per heavy atom. The Kier molecular flexibility index (Phi) is 4.82. The molecular weight excluding hydrogens is 296 g/mol. The Hall–Kier alpha value is -2.77. The van der Waals surface area contributed by atoms with Gasteiger partial charge in [0.15, 0.2) is 0 Å². The molecule has 22 heavy (non-hydrogen) atoms. The quantitative estimate of drug-likeness (QED) is 0.652. The van der Waals surface area contributed by atoms with E-state index in [1.54, 1.807) is 6.20 Å². The molecule has 2 aromatic rings. The van der Waals surface area contributed by atoms with Crippen LogP contribution in [0.5, 0.6) is 5.75 Å². The highest BCUT2D eigenvalue weighted by Gasteiger charge is 2.18. The number of nitrogens with one attached hydrogen (secondary N) is 1. The van der Waals surface area contributed by atoms with Crippen LogP contribution in [-0.4, -0.2) is 16.5 Å². The maximum absolute atomic E-state index is 12.3. The number of ether oxygens (including phenoxy) is 1. The second-order valence-electron chi connectivity index (χ2n) is 4.48. The molecule has 8 heteroatoms. The minimum absolute atomic E-state index is 0.402. The van der Waals surface area contributed by atoms with Crippen molar-refractivity contribution >= 4 is 11.4 Å². The van der Waals surface area contributed by atoms with Crippen LogP contribution in [0.2, 0.25) is 0 Å². The van der Waals surface area contributed by atoms with Crippen LogP contribution in [0, 0.1) is 17.0 Å². The fourth-order valence-electron chi connectivity index (χ4n) is 1.77. The molecular formula is C14H13F2N3O3. The number of pyridine rings is 1. The Labute approximate surface area is 124 Å². The SMILES string of the molecule is Cc1ccc(CNc2ccc([N+](=O)[O-])c(OC(F)F)c2)cn1. The van der Waals surface area contributed by atoms with E-state index in [0.717, 1.165) is 17.3 Å². The summed E-state index contributed by atoms with van der Waals surface area (Å²) in [6.45, 7) is -0.865. The number of hydrogen-bond acceptors (Lipinski definition) is 5. The van der Waals surface area contributed by atoms with E-state index < -0.39 is 23.0 Å². The third-order valence-electron chi connectivity index (χ3n) is 2.84. The predicted molar refractivity (Wildman–Crippen MR) is 76.0 cm³/mol. The Bertz CT molecular complexity index is 663. The molecule has 0 saturated carbocycles. The number of aryl methyl sites for hydroxylation is 1. The standard InChI is InChI=1S/C14H13F2N3O3/c1-9-2-3-10(7-17-9)8-18-11-4-5-12(19(20)21)13(6-11)22-14(15)16/h2-7,14,18H,8H2,1H3. The zero-order valence-corrected chi connectivity index (χ0v) is 11.6. The fourth-order valence-corrected chi connectivity index (χ4v) is 1.77. The number of anilines is 1. The number of alkyl halides is 2. The van der Waals surface area contributed by atoms with E-state index in [9.17, 15) is 18.9 Å². The predicted octanol–water partition coefficient (Wildman–Crippen LogP) is 3.51. The van der Waals surface area contributed by atoms with Gasteiger partial charge in [0.25, 0.3) is 0 Å². The van der Waals surface area contributed by atoms with Crippen LogP contribution in [0.3, 0.4) is 0 Å². The molecule has 0 unspecified atom stereocenters. The first-order valence-corrected chi connectivity index (χ1v) is 6.34. The minimum Gasteiger partial charge on any atom is -0.427 e. The highest BCUT2D eigenvalue weighted by atomic mass is 19.3. The van der Waals surface area contributed by atoms with Crippen molar-refractivity contribution in [1.29, 1.82) is 0 Å². The lowest BCUT2D eigenvalue weighted by molar-refractivity contribution is -0.386. The zero-order chi connectivity index (χ0) is 16.1. The van der Waals surface area contributed by atoms with E-state index in [2.05, 4.69) is 15.0 Å². The highest BCUT2D eigenvalue weighted by molar-refractivity contribution is 5.58. The summed E-state index contributed by atoms with van der Waals surface area (Å²) in [5.74, 6) is -0.480. The highest BCUT2D eigenvalue weighted by Crippen LogP contribution is 2.31. The molecule has 0 spiro atoms. The van der Waals surface area contributed by atoms with E-state index >= 15 is 0 Å². The van der Waals surface area contributed by atoms with Crippen molar-refractivity contribution in [2.45, 2.75) is 20.1 Å². The smallest absolute Gasteiger partial charge is 0.387 e. The van der Waals surface area contributed by atoms with E-state index in [-0.39, 0.29) is 0 Å². The number of benzene rings is 1. The minimum atomic E-state index is -3.13. The molecule has 1 N–H and O–H groups in total. The molecule has 0 radical (unpaired) electrons. The van der Waals surface area contributed by atoms with Crippen molar-refractivity contribution < 1.29 is 18.4 Å².